The van der Waals surface area contributed by atoms with Gasteiger partial charge in [0.1, 0.15) is 7.05 Å². The van der Waals surface area contributed by atoms with Crippen molar-refractivity contribution in [3.05, 3.63) is 30.1 Å². The minimum absolute atomic E-state index is 0.105. The van der Waals surface area contributed by atoms with Crippen LogP contribution in [0.2, 0.25) is 0 Å². The van der Waals surface area contributed by atoms with Crippen molar-refractivity contribution < 1.29 is 19.6 Å². The Morgan fingerprint density at radius 2 is 1.75 bits per heavy atom. The first-order valence-corrected chi connectivity index (χ1v) is 5.15. The highest BCUT2D eigenvalue weighted by atomic mass is 16.3. The SMILES string of the molecule is C[n+]1ccc(C(=O)N(CCO)CCO)cc1. The summed E-state index contributed by atoms with van der Waals surface area (Å²) in [5.74, 6) is -0.177. The van der Waals surface area contributed by atoms with Gasteiger partial charge >= 0.3 is 0 Å². The number of aliphatic hydroxyl groups excluding tert-OH is 2. The standard InChI is InChI=1S/C11H17N2O3/c1-12-4-2-10(3-5-12)11(16)13(6-8-14)7-9-15/h2-5,14-15H,6-9H2,1H3/q+1. The van der Waals surface area contributed by atoms with E-state index in [9.17, 15) is 4.79 Å². The molecule has 1 amide bonds. The highest BCUT2D eigenvalue weighted by Gasteiger charge is 2.15. The number of nitrogens with zero attached hydrogens (tertiary/aromatic N) is 2. The van der Waals surface area contributed by atoms with Gasteiger partial charge in [-0.2, -0.15) is 0 Å². The molecular formula is C11H17N2O3+. The lowest BCUT2D eigenvalue weighted by Crippen LogP contribution is -2.36. The van der Waals surface area contributed by atoms with Crippen molar-refractivity contribution in [2.75, 3.05) is 26.3 Å². The number of carbonyl (C=O) groups excluding carboxylic acids is 1. The third kappa shape index (κ3) is 3.29. The van der Waals surface area contributed by atoms with Gasteiger partial charge in [0.05, 0.1) is 18.8 Å². The van der Waals surface area contributed by atoms with E-state index in [0.717, 1.165) is 0 Å². The summed E-state index contributed by atoms with van der Waals surface area (Å²) < 4.78 is 1.83. The summed E-state index contributed by atoms with van der Waals surface area (Å²) in [6.45, 7) is 0.263. The Morgan fingerprint density at radius 1 is 1.25 bits per heavy atom. The van der Waals surface area contributed by atoms with Gasteiger partial charge in [-0.25, -0.2) is 4.57 Å². The summed E-state index contributed by atoms with van der Waals surface area (Å²) in [7, 11) is 1.87. The average molecular weight is 225 g/mol. The lowest BCUT2D eigenvalue weighted by molar-refractivity contribution is -0.671. The number of hydrogen-bond acceptors (Lipinski definition) is 3. The third-order valence-corrected chi connectivity index (χ3v) is 2.25. The molecule has 1 aromatic rings. The summed E-state index contributed by atoms with van der Waals surface area (Å²) in [5, 5.41) is 17.6. The molecule has 2 N–H and O–H groups in total. The van der Waals surface area contributed by atoms with E-state index >= 15 is 0 Å². The maximum Gasteiger partial charge on any atom is 0.254 e. The average Bonchev–Trinajstić information content (AvgIpc) is 2.29. The first-order chi connectivity index (χ1) is 7.69. The van der Waals surface area contributed by atoms with Crippen LogP contribution in [0.4, 0.5) is 0 Å². The molecule has 0 saturated heterocycles. The molecule has 0 aliphatic rings. The Hall–Kier alpha value is -1.46. The fourth-order valence-corrected chi connectivity index (χ4v) is 1.38. The number of hydrogen-bond donors (Lipinski definition) is 2. The molecule has 0 atom stereocenters. The number of amides is 1. The summed E-state index contributed by atoms with van der Waals surface area (Å²) in [5.41, 5.74) is 0.556. The normalized spacial score (nSPS) is 10.2. The Kier molecular flexibility index (Phi) is 4.88. The molecule has 0 aliphatic carbocycles. The highest BCUT2D eigenvalue weighted by Crippen LogP contribution is 2.02. The summed E-state index contributed by atoms with van der Waals surface area (Å²) in [4.78, 5) is 13.4. The molecule has 5 nitrogen and oxygen atoms in total. The zero-order valence-corrected chi connectivity index (χ0v) is 9.33. The molecule has 0 aliphatic heterocycles. The van der Waals surface area contributed by atoms with Gasteiger partial charge in [-0.3, -0.25) is 4.79 Å². The first-order valence-electron chi connectivity index (χ1n) is 5.15. The van der Waals surface area contributed by atoms with E-state index in [2.05, 4.69) is 0 Å². The lowest BCUT2D eigenvalue weighted by Gasteiger charge is -2.20. The molecule has 1 aromatic heterocycles. The predicted molar refractivity (Wildman–Crippen MR) is 57.7 cm³/mol. The lowest BCUT2D eigenvalue weighted by atomic mass is 10.2. The topological polar surface area (TPSA) is 64.7 Å². The molecular weight excluding hydrogens is 208 g/mol. The van der Waals surface area contributed by atoms with Gasteiger partial charge in [-0.15, -0.1) is 0 Å². The summed E-state index contributed by atoms with van der Waals surface area (Å²) in [6, 6.07) is 3.42. The Bertz CT molecular complexity index is 332. The van der Waals surface area contributed by atoms with E-state index in [4.69, 9.17) is 10.2 Å². The van der Waals surface area contributed by atoms with Crippen molar-refractivity contribution >= 4 is 5.91 Å². The highest BCUT2D eigenvalue weighted by molar-refractivity contribution is 5.93. The fraction of sp³-hybridized carbons (Fsp3) is 0.455. The smallest absolute Gasteiger partial charge is 0.254 e. The van der Waals surface area contributed by atoms with E-state index in [1.54, 1.807) is 24.5 Å². The molecule has 0 fully saturated rings. The Balaban J connectivity index is 2.77. The summed E-state index contributed by atoms with van der Waals surface area (Å²) >= 11 is 0. The van der Waals surface area contributed by atoms with Crippen LogP contribution in [0.3, 0.4) is 0 Å². The van der Waals surface area contributed by atoms with Crippen LogP contribution in [-0.4, -0.2) is 47.3 Å². The van der Waals surface area contributed by atoms with Crippen LogP contribution in [0.1, 0.15) is 10.4 Å². The van der Waals surface area contributed by atoms with Crippen LogP contribution in [0.25, 0.3) is 0 Å². The predicted octanol–water partition coefficient (Wildman–Crippen LogP) is -1.06. The molecule has 88 valence electrons. The number of aromatic nitrogens is 1. The van der Waals surface area contributed by atoms with Gasteiger partial charge < -0.3 is 15.1 Å². The zero-order chi connectivity index (χ0) is 12.0. The summed E-state index contributed by atoms with van der Waals surface area (Å²) in [6.07, 6.45) is 3.56. The van der Waals surface area contributed by atoms with Gasteiger partial charge in [-0.1, -0.05) is 0 Å². The van der Waals surface area contributed by atoms with Gasteiger partial charge in [0.25, 0.3) is 5.91 Å². The van der Waals surface area contributed by atoms with Crippen molar-refractivity contribution in [3.8, 4) is 0 Å². The maximum absolute atomic E-state index is 11.9. The molecule has 1 heterocycles. The molecule has 0 radical (unpaired) electrons. The van der Waals surface area contributed by atoms with Crippen molar-refractivity contribution in [1.29, 1.82) is 0 Å². The number of pyridine rings is 1. The monoisotopic (exact) mass is 225 g/mol. The van der Waals surface area contributed by atoms with Crippen LogP contribution in [0.15, 0.2) is 24.5 Å². The Labute approximate surface area is 94.6 Å². The van der Waals surface area contributed by atoms with Crippen molar-refractivity contribution in [2.45, 2.75) is 0 Å². The fourth-order valence-electron chi connectivity index (χ4n) is 1.38. The van der Waals surface area contributed by atoms with Crippen LogP contribution >= 0.6 is 0 Å². The molecule has 0 aromatic carbocycles. The second kappa shape index (κ2) is 6.19. The molecule has 5 heteroatoms. The molecule has 0 saturated carbocycles. The molecule has 0 spiro atoms. The van der Waals surface area contributed by atoms with Gasteiger partial charge in [0.15, 0.2) is 12.4 Å². The minimum atomic E-state index is -0.177. The Morgan fingerprint density at radius 3 is 2.19 bits per heavy atom. The molecule has 1 rings (SSSR count). The van der Waals surface area contributed by atoms with E-state index in [-0.39, 0.29) is 32.2 Å². The molecule has 0 unspecified atom stereocenters. The van der Waals surface area contributed by atoms with E-state index in [0.29, 0.717) is 5.56 Å². The second-order valence-corrected chi connectivity index (χ2v) is 3.49. The van der Waals surface area contributed by atoms with Crippen LogP contribution in [0.5, 0.6) is 0 Å². The number of aliphatic hydroxyl groups is 2. The van der Waals surface area contributed by atoms with Crippen LogP contribution < -0.4 is 4.57 Å². The van der Waals surface area contributed by atoms with E-state index in [1.165, 1.54) is 4.90 Å². The number of aryl methyl sites for hydroxylation is 1. The van der Waals surface area contributed by atoms with Crippen molar-refractivity contribution in [3.63, 3.8) is 0 Å². The number of rotatable bonds is 5. The second-order valence-electron chi connectivity index (χ2n) is 3.49. The zero-order valence-electron chi connectivity index (χ0n) is 9.33. The van der Waals surface area contributed by atoms with Gasteiger partial charge in [0.2, 0.25) is 0 Å². The molecule has 0 bridgehead atoms. The van der Waals surface area contributed by atoms with Crippen molar-refractivity contribution in [1.82, 2.24) is 4.90 Å². The third-order valence-electron chi connectivity index (χ3n) is 2.25. The van der Waals surface area contributed by atoms with E-state index < -0.39 is 0 Å². The first kappa shape index (κ1) is 12.6. The largest absolute Gasteiger partial charge is 0.395 e. The van der Waals surface area contributed by atoms with Gasteiger partial charge in [-0.05, 0) is 0 Å². The van der Waals surface area contributed by atoms with Crippen molar-refractivity contribution in [2.24, 2.45) is 7.05 Å². The minimum Gasteiger partial charge on any atom is -0.395 e. The van der Waals surface area contributed by atoms with Gasteiger partial charge in [0, 0.05) is 25.2 Å². The molecule has 16 heavy (non-hydrogen) atoms. The maximum atomic E-state index is 11.9. The quantitative estimate of drug-likeness (QED) is 0.628. The van der Waals surface area contributed by atoms with Crippen LogP contribution in [-0.2, 0) is 7.05 Å². The van der Waals surface area contributed by atoms with Crippen LogP contribution in [0, 0.1) is 0 Å². The number of carbonyl (C=O) groups is 1. The van der Waals surface area contributed by atoms with E-state index in [1.807, 2.05) is 11.6 Å².